The van der Waals surface area contributed by atoms with Gasteiger partial charge in [-0.05, 0) is 18.9 Å². The van der Waals surface area contributed by atoms with E-state index < -0.39 is 27.0 Å². The first-order chi connectivity index (χ1) is 11.4. The highest BCUT2D eigenvalue weighted by molar-refractivity contribution is 7.92. The van der Waals surface area contributed by atoms with Gasteiger partial charge in [-0.2, -0.15) is 0 Å². The van der Waals surface area contributed by atoms with Gasteiger partial charge in [-0.3, -0.25) is 4.79 Å². The number of amides is 1. The predicted molar refractivity (Wildman–Crippen MR) is 93.2 cm³/mol. The van der Waals surface area contributed by atoms with Crippen LogP contribution < -0.4 is 5.32 Å². The summed E-state index contributed by atoms with van der Waals surface area (Å²) in [5.41, 5.74) is 0.847. The number of nitrogens with one attached hydrogen (secondary N) is 1. The summed E-state index contributed by atoms with van der Waals surface area (Å²) in [6.07, 6.45) is 3.92. The molecule has 1 heterocycles. The molecule has 7 heteroatoms. The number of hydrogen-bond acceptors (Lipinski definition) is 4. The fraction of sp³-hybridized carbons (Fsp3) is 0.412. The van der Waals surface area contributed by atoms with Crippen molar-refractivity contribution in [1.82, 2.24) is 14.9 Å². The number of carbonyl (C=O) groups excluding carboxylic acids is 1. The smallest absolute Gasteiger partial charge is 0.238 e. The average molecular weight is 349 g/mol. The highest BCUT2D eigenvalue weighted by atomic mass is 32.2. The molecular weight excluding hydrogens is 326 g/mol. The molecule has 0 aliphatic heterocycles. The number of hydrogen-bond donors (Lipinski definition) is 1. The van der Waals surface area contributed by atoms with Crippen LogP contribution in [0.15, 0.2) is 42.7 Å². The highest BCUT2D eigenvalue weighted by Crippen LogP contribution is 2.21. The SMILES string of the molecule is CCCS(=O)(=O)C(C)C(=O)NC(c1ccccc1)c1nccn1C. The Labute approximate surface area is 142 Å². The van der Waals surface area contributed by atoms with Gasteiger partial charge in [0.25, 0.3) is 0 Å². The maximum atomic E-state index is 12.5. The fourth-order valence-corrected chi connectivity index (χ4v) is 3.80. The minimum absolute atomic E-state index is 0.00000488. The summed E-state index contributed by atoms with van der Waals surface area (Å²) in [4.78, 5) is 16.8. The molecule has 24 heavy (non-hydrogen) atoms. The van der Waals surface area contributed by atoms with Crippen molar-refractivity contribution >= 4 is 15.7 Å². The van der Waals surface area contributed by atoms with E-state index in [1.807, 2.05) is 41.9 Å². The summed E-state index contributed by atoms with van der Waals surface area (Å²) in [6.45, 7) is 3.21. The summed E-state index contributed by atoms with van der Waals surface area (Å²) in [5, 5.41) is 1.75. The second kappa shape index (κ2) is 7.61. The van der Waals surface area contributed by atoms with E-state index in [4.69, 9.17) is 0 Å². The zero-order chi connectivity index (χ0) is 17.7. The third-order valence-electron chi connectivity index (χ3n) is 3.93. The lowest BCUT2D eigenvalue weighted by atomic mass is 10.1. The molecule has 0 saturated carbocycles. The molecule has 0 spiro atoms. The number of nitrogens with zero attached hydrogens (tertiary/aromatic N) is 2. The van der Waals surface area contributed by atoms with E-state index >= 15 is 0 Å². The Hall–Kier alpha value is -2.15. The lowest BCUT2D eigenvalue weighted by molar-refractivity contribution is -0.121. The van der Waals surface area contributed by atoms with Crippen LogP contribution >= 0.6 is 0 Å². The van der Waals surface area contributed by atoms with Crippen LogP contribution in [-0.4, -0.2) is 34.9 Å². The third-order valence-corrected chi connectivity index (χ3v) is 6.20. The number of benzene rings is 1. The Kier molecular flexibility index (Phi) is 5.77. The monoisotopic (exact) mass is 349 g/mol. The van der Waals surface area contributed by atoms with Gasteiger partial charge < -0.3 is 9.88 Å². The summed E-state index contributed by atoms with van der Waals surface area (Å²) >= 11 is 0. The van der Waals surface area contributed by atoms with Crippen molar-refractivity contribution in [2.75, 3.05) is 5.75 Å². The molecule has 0 radical (unpaired) electrons. The molecule has 1 N–H and O–H groups in total. The normalized spacial score (nSPS) is 14.1. The van der Waals surface area contributed by atoms with Gasteiger partial charge in [0, 0.05) is 19.4 Å². The molecule has 0 bridgehead atoms. The molecule has 0 fully saturated rings. The van der Waals surface area contributed by atoms with Gasteiger partial charge in [-0.1, -0.05) is 37.3 Å². The number of aromatic nitrogens is 2. The zero-order valence-corrected chi connectivity index (χ0v) is 15.0. The molecular formula is C17H23N3O3S. The lowest BCUT2D eigenvalue weighted by Gasteiger charge is -2.21. The van der Waals surface area contributed by atoms with E-state index in [0.29, 0.717) is 12.2 Å². The number of carbonyl (C=O) groups is 1. The average Bonchev–Trinajstić information content (AvgIpc) is 2.98. The van der Waals surface area contributed by atoms with Crippen molar-refractivity contribution < 1.29 is 13.2 Å². The standard InChI is InChI=1S/C17H23N3O3S/c1-4-12-24(22,23)13(2)17(21)19-15(14-8-6-5-7-9-14)16-18-10-11-20(16)3/h5-11,13,15H,4,12H2,1-3H3,(H,19,21). The van der Waals surface area contributed by atoms with Crippen LogP contribution in [0.25, 0.3) is 0 Å². The summed E-state index contributed by atoms with van der Waals surface area (Å²) in [6, 6.07) is 8.88. The van der Waals surface area contributed by atoms with Crippen molar-refractivity contribution in [3.8, 4) is 0 Å². The maximum Gasteiger partial charge on any atom is 0.238 e. The Morgan fingerprint density at radius 1 is 1.29 bits per heavy atom. The Bertz CT molecular complexity index is 784. The van der Waals surface area contributed by atoms with Gasteiger partial charge in [0.05, 0.1) is 5.75 Å². The van der Waals surface area contributed by atoms with E-state index in [1.165, 1.54) is 6.92 Å². The number of rotatable bonds is 7. The molecule has 6 nitrogen and oxygen atoms in total. The lowest BCUT2D eigenvalue weighted by Crippen LogP contribution is -2.41. The van der Waals surface area contributed by atoms with Gasteiger partial charge >= 0.3 is 0 Å². The highest BCUT2D eigenvalue weighted by Gasteiger charge is 2.30. The quantitative estimate of drug-likeness (QED) is 0.827. The molecule has 0 saturated heterocycles. The number of sulfone groups is 1. The van der Waals surface area contributed by atoms with Crippen LogP contribution in [0.5, 0.6) is 0 Å². The zero-order valence-electron chi connectivity index (χ0n) is 14.1. The summed E-state index contributed by atoms with van der Waals surface area (Å²) in [7, 11) is -1.62. The molecule has 2 atom stereocenters. The van der Waals surface area contributed by atoms with E-state index in [2.05, 4.69) is 10.3 Å². The van der Waals surface area contributed by atoms with Gasteiger partial charge in [0.15, 0.2) is 9.84 Å². The summed E-state index contributed by atoms with van der Waals surface area (Å²) < 4.78 is 26.1. The van der Waals surface area contributed by atoms with Crippen molar-refractivity contribution in [3.63, 3.8) is 0 Å². The van der Waals surface area contributed by atoms with Gasteiger partial charge in [-0.15, -0.1) is 0 Å². The molecule has 1 aromatic carbocycles. The van der Waals surface area contributed by atoms with Crippen LogP contribution in [0, 0.1) is 0 Å². The minimum atomic E-state index is -3.46. The van der Waals surface area contributed by atoms with E-state index in [0.717, 1.165) is 5.56 Å². The molecule has 0 aliphatic carbocycles. The van der Waals surface area contributed by atoms with Gasteiger partial charge in [0.1, 0.15) is 17.1 Å². The maximum absolute atomic E-state index is 12.5. The molecule has 130 valence electrons. The first kappa shape index (κ1) is 18.2. The van der Waals surface area contributed by atoms with Gasteiger partial charge in [-0.25, -0.2) is 13.4 Å². The van der Waals surface area contributed by atoms with Crippen LogP contribution in [0.3, 0.4) is 0 Å². The third kappa shape index (κ3) is 4.03. The predicted octanol–water partition coefficient (Wildman–Crippen LogP) is 1.84. The van der Waals surface area contributed by atoms with Crippen molar-refractivity contribution in [3.05, 3.63) is 54.1 Å². The van der Waals surface area contributed by atoms with Crippen molar-refractivity contribution in [1.29, 1.82) is 0 Å². The van der Waals surface area contributed by atoms with Crippen LogP contribution in [0.2, 0.25) is 0 Å². The molecule has 2 rings (SSSR count). The van der Waals surface area contributed by atoms with E-state index in [-0.39, 0.29) is 5.75 Å². The molecule has 2 unspecified atom stereocenters. The second-order valence-corrected chi connectivity index (χ2v) is 8.20. The van der Waals surface area contributed by atoms with Crippen LogP contribution in [-0.2, 0) is 21.7 Å². The Morgan fingerprint density at radius 3 is 2.50 bits per heavy atom. The van der Waals surface area contributed by atoms with E-state index in [9.17, 15) is 13.2 Å². The Balaban J connectivity index is 2.30. The largest absolute Gasteiger partial charge is 0.341 e. The van der Waals surface area contributed by atoms with Gasteiger partial charge in [0.2, 0.25) is 5.91 Å². The second-order valence-electron chi connectivity index (χ2n) is 5.76. The van der Waals surface area contributed by atoms with E-state index in [1.54, 1.807) is 19.3 Å². The topological polar surface area (TPSA) is 81.1 Å². The minimum Gasteiger partial charge on any atom is -0.341 e. The first-order valence-electron chi connectivity index (χ1n) is 7.91. The summed E-state index contributed by atoms with van der Waals surface area (Å²) in [5.74, 6) is 0.134. The number of aryl methyl sites for hydroxylation is 1. The first-order valence-corrected chi connectivity index (χ1v) is 9.62. The van der Waals surface area contributed by atoms with Crippen molar-refractivity contribution in [2.24, 2.45) is 7.05 Å². The van der Waals surface area contributed by atoms with Crippen LogP contribution in [0.1, 0.15) is 37.7 Å². The van der Waals surface area contributed by atoms with Crippen molar-refractivity contribution in [2.45, 2.75) is 31.6 Å². The number of imidazole rings is 1. The Morgan fingerprint density at radius 2 is 1.96 bits per heavy atom. The fourth-order valence-electron chi connectivity index (χ4n) is 2.48. The molecule has 1 amide bonds. The molecule has 2 aromatic rings. The van der Waals surface area contributed by atoms with Crippen LogP contribution in [0.4, 0.5) is 0 Å². The molecule has 1 aromatic heterocycles. The molecule has 0 aliphatic rings.